The van der Waals surface area contributed by atoms with Gasteiger partial charge in [0, 0.05) is 9.13 Å². The van der Waals surface area contributed by atoms with E-state index in [1.807, 2.05) is 5.48 Å². The Kier molecular flexibility index (Phi) is 7.01. The number of nitrogens with one attached hydrogen (secondary N) is 1. The van der Waals surface area contributed by atoms with Gasteiger partial charge in [-0.3, -0.25) is 9.63 Å². The molecular formula is C18H17F3INO3. The van der Waals surface area contributed by atoms with E-state index in [2.05, 4.69) is 22.6 Å². The number of aliphatic hydroxyl groups is 1. The Bertz CT molecular complexity index is 830. The highest BCUT2D eigenvalue weighted by atomic mass is 127. The third-order valence-electron chi connectivity index (χ3n) is 3.78. The van der Waals surface area contributed by atoms with Gasteiger partial charge in [-0.15, -0.1) is 0 Å². The zero-order valence-electron chi connectivity index (χ0n) is 14.1. The summed E-state index contributed by atoms with van der Waals surface area (Å²) in [5, 5.41) is 9.41. The number of hydroxylamine groups is 1. The Hall–Kier alpha value is -1.65. The summed E-state index contributed by atoms with van der Waals surface area (Å²) in [5.41, 5.74) is 2.13. The summed E-state index contributed by atoms with van der Waals surface area (Å²) in [5.74, 6) is -5.53. The van der Waals surface area contributed by atoms with Gasteiger partial charge >= 0.3 is 0 Å². The van der Waals surface area contributed by atoms with Crippen molar-refractivity contribution >= 4 is 28.5 Å². The van der Waals surface area contributed by atoms with Crippen molar-refractivity contribution in [3.8, 4) is 11.1 Å². The molecule has 2 aromatic rings. The first-order valence-corrected chi connectivity index (χ1v) is 8.88. The summed E-state index contributed by atoms with van der Waals surface area (Å²) in [4.78, 5) is 17.2. The predicted molar refractivity (Wildman–Crippen MR) is 98.9 cm³/mol. The zero-order chi connectivity index (χ0) is 19.4. The number of hydrogen-bond donors (Lipinski definition) is 2. The van der Waals surface area contributed by atoms with E-state index in [-0.39, 0.29) is 17.7 Å². The van der Waals surface area contributed by atoms with Crippen LogP contribution in [0.3, 0.4) is 0 Å². The van der Waals surface area contributed by atoms with E-state index < -0.39 is 35.0 Å². The zero-order valence-corrected chi connectivity index (χ0v) is 16.2. The van der Waals surface area contributed by atoms with Crippen molar-refractivity contribution in [1.29, 1.82) is 0 Å². The molecule has 0 aromatic heterocycles. The molecule has 0 saturated heterocycles. The Balaban J connectivity index is 2.47. The summed E-state index contributed by atoms with van der Waals surface area (Å²) >= 11 is 2.06. The van der Waals surface area contributed by atoms with Crippen molar-refractivity contribution in [2.45, 2.75) is 26.4 Å². The highest BCUT2D eigenvalue weighted by molar-refractivity contribution is 14.1. The molecule has 0 radical (unpaired) electrons. The first-order valence-electron chi connectivity index (χ1n) is 7.80. The molecular weight excluding hydrogens is 462 g/mol. The summed E-state index contributed by atoms with van der Waals surface area (Å²) < 4.78 is 42.8. The lowest BCUT2D eigenvalue weighted by Crippen LogP contribution is -2.29. The maximum Gasteiger partial charge on any atom is 0.275 e. The molecule has 1 unspecified atom stereocenters. The quantitative estimate of drug-likeness (QED) is 0.373. The standard InChI is InChI=1S/C18H17F3INO3/c1-3-11(24)8-26-23-18(25)13-7-14(19)16(20)17(21)15(13)12-5-4-10(22)6-9(12)2/h4-7,11,24H,3,8H2,1-2H3,(H,23,25). The fourth-order valence-electron chi connectivity index (χ4n) is 2.32. The lowest BCUT2D eigenvalue weighted by Gasteiger charge is -2.15. The van der Waals surface area contributed by atoms with Crippen molar-refractivity contribution in [3.63, 3.8) is 0 Å². The summed E-state index contributed by atoms with van der Waals surface area (Å²) in [7, 11) is 0. The summed E-state index contributed by atoms with van der Waals surface area (Å²) in [6, 6.07) is 5.55. The van der Waals surface area contributed by atoms with Gasteiger partial charge in [0.2, 0.25) is 0 Å². The number of amides is 1. The molecule has 2 N–H and O–H groups in total. The van der Waals surface area contributed by atoms with Crippen LogP contribution in [0.25, 0.3) is 11.1 Å². The molecule has 1 amide bonds. The summed E-state index contributed by atoms with van der Waals surface area (Å²) in [6.07, 6.45) is -0.391. The minimum atomic E-state index is -1.66. The van der Waals surface area contributed by atoms with Gasteiger partial charge in [-0.25, -0.2) is 18.7 Å². The molecule has 26 heavy (non-hydrogen) atoms. The highest BCUT2D eigenvalue weighted by Crippen LogP contribution is 2.33. The fourth-order valence-corrected chi connectivity index (χ4v) is 2.97. The van der Waals surface area contributed by atoms with Crippen LogP contribution >= 0.6 is 22.6 Å². The van der Waals surface area contributed by atoms with E-state index in [9.17, 15) is 23.1 Å². The number of benzene rings is 2. The van der Waals surface area contributed by atoms with Gasteiger partial charge < -0.3 is 5.11 Å². The van der Waals surface area contributed by atoms with Crippen LogP contribution in [0.4, 0.5) is 13.2 Å². The molecule has 0 aliphatic heterocycles. The Morgan fingerprint density at radius 3 is 2.58 bits per heavy atom. The van der Waals surface area contributed by atoms with Gasteiger partial charge in [0.15, 0.2) is 17.5 Å². The lowest BCUT2D eigenvalue weighted by atomic mass is 9.94. The Morgan fingerprint density at radius 2 is 1.96 bits per heavy atom. The average molecular weight is 479 g/mol. The average Bonchev–Trinajstić information content (AvgIpc) is 2.60. The monoisotopic (exact) mass is 479 g/mol. The maximum absolute atomic E-state index is 14.5. The number of rotatable bonds is 6. The van der Waals surface area contributed by atoms with Gasteiger partial charge in [-0.1, -0.05) is 13.0 Å². The third-order valence-corrected chi connectivity index (χ3v) is 4.45. The lowest BCUT2D eigenvalue weighted by molar-refractivity contribution is -0.0133. The molecule has 2 rings (SSSR count). The molecule has 0 bridgehead atoms. The second-order valence-electron chi connectivity index (χ2n) is 5.67. The van der Waals surface area contributed by atoms with Crippen LogP contribution in [-0.2, 0) is 4.84 Å². The summed E-state index contributed by atoms with van der Waals surface area (Å²) in [6.45, 7) is 3.21. The van der Waals surface area contributed by atoms with E-state index >= 15 is 0 Å². The minimum absolute atomic E-state index is 0.188. The van der Waals surface area contributed by atoms with Gasteiger partial charge in [0.05, 0.1) is 11.7 Å². The molecule has 0 heterocycles. The van der Waals surface area contributed by atoms with E-state index in [4.69, 9.17) is 4.84 Å². The second-order valence-corrected chi connectivity index (χ2v) is 6.92. The molecule has 0 aliphatic carbocycles. The smallest absolute Gasteiger partial charge is 0.275 e. The number of hydrogen-bond acceptors (Lipinski definition) is 3. The van der Waals surface area contributed by atoms with E-state index in [0.29, 0.717) is 18.1 Å². The number of carbonyl (C=O) groups is 1. The van der Waals surface area contributed by atoms with Crippen molar-refractivity contribution < 1.29 is 27.9 Å². The molecule has 1 atom stereocenters. The highest BCUT2D eigenvalue weighted by Gasteiger charge is 2.25. The molecule has 140 valence electrons. The third kappa shape index (κ3) is 4.54. The molecule has 4 nitrogen and oxygen atoms in total. The van der Waals surface area contributed by atoms with Gasteiger partial charge in [-0.2, -0.15) is 0 Å². The largest absolute Gasteiger partial charge is 0.391 e. The van der Waals surface area contributed by atoms with Crippen LogP contribution in [0.15, 0.2) is 24.3 Å². The number of aryl methyl sites for hydroxylation is 1. The van der Waals surface area contributed by atoms with Gasteiger partial charge in [0.25, 0.3) is 5.91 Å². The van der Waals surface area contributed by atoms with Crippen LogP contribution in [0.2, 0.25) is 0 Å². The first kappa shape index (κ1) is 20.7. The molecule has 8 heteroatoms. The van der Waals surface area contributed by atoms with Crippen LogP contribution in [-0.4, -0.2) is 23.7 Å². The van der Waals surface area contributed by atoms with E-state index in [0.717, 1.165) is 3.57 Å². The molecule has 0 saturated carbocycles. The van der Waals surface area contributed by atoms with E-state index in [1.165, 1.54) is 6.07 Å². The van der Waals surface area contributed by atoms with Crippen LogP contribution in [0.5, 0.6) is 0 Å². The number of halogens is 4. The second kappa shape index (κ2) is 8.83. The predicted octanol–water partition coefficient (Wildman–Crippen LogP) is 4.12. The molecule has 2 aromatic carbocycles. The van der Waals surface area contributed by atoms with Crippen molar-refractivity contribution in [2.24, 2.45) is 0 Å². The maximum atomic E-state index is 14.5. The first-order chi connectivity index (χ1) is 12.3. The van der Waals surface area contributed by atoms with Crippen molar-refractivity contribution in [2.75, 3.05) is 6.61 Å². The molecule has 0 spiro atoms. The fraction of sp³-hybridized carbons (Fsp3) is 0.278. The molecule has 0 aliphatic rings. The van der Waals surface area contributed by atoms with Crippen molar-refractivity contribution in [3.05, 3.63) is 56.4 Å². The number of aliphatic hydroxyl groups excluding tert-OH is 1. The topological polar surface area (TPSA) is 58.6 Å². The van der Waals surface area contributed by atoms with Crippen LogP contribution in [0, 0.1) is 27.9 Å². The van der Waals surface area contributed by atoms with Crippen molar-refractivity contribution in [1.82, 2.24) is 5.48 Å². The number of carbonyl (C=O) groups excluding carboxylic acids is 1. The minimum Gasteiger partial charge on any atom is -0.391 e. The van der Waals surface area contributed by atoms with Crippen LogP contribution < -0.4 is 5.48 Å². The Morgan fingerprint density at radius 1 is 1.27 bits per heavy atom. The van der Waals surface area contributed by atoms with E-state index in [1.54, 1.807) is 26.0 Å². The SMILES string of the molecule is CCC(O)CONC(=O)c1cc(F)c(F)c(F)c1-c1ccc(I)cc1C. The van der Waals surface area contributed by atoms with Gasteiger partial charge in [-0.05, 0) is 65.3 Å². The normalized spacial score (nSPS) is 12.1. The Labute approximate surface area is 162 Å². The molecule has 0 fully saturated rings. The van der Waals surface area contributed by atoms with Gasteiger partial charge in [0.1, 0.15) is 6.61 Å². The van der Waals surface area contributed by atoms with Crippen LogP contribution in [0.1, 0.15) is 29.3 Å².